The highest BCUT2D eigenvalue weighted by Gasteiger charge is 2.12. The minimum atomic E-state index is 0.442. The van der Waals surface area contributed by atoms with Gasteiger partial charge in [0.1, 0.15) is 5.69 Å². The van der Waals surface area contributed by atoms with E-state index in [1.165, 1.54) is 11.8 Å². The summed E-state index contributed by atoms with van der Waals surface area (Å²) in [4.78, 5) is 4.14. The van der Waals surface area contributed by atoms with E-state index in [9.17, 15) is 0 Å². The standard InChI is InChI=1S/C16H9Cl2N3OS/c17-11-6-5-10(8-12(11)18)23-16-21-20-15(22-16)14-7-9-3-1-2-4-13(9)19-14/h1-8,19H. The van der Waals surface area contributed by atoms with Gasteiger partial charge in [0.2, 0.25) is 0 Å². The first-order chi connectivity index (χ1) is 11.2. The molecule has 4 rings (SSSR count). The fourth-order valence-corrected chi connectivity index (χ4v) is 3.27. The second-order valence-corrected chi connectivity index (χ2v) is 6.66. The molecule has 0 radical (unpaired) electrons. The van der Waals surface area contributed by atoms with Crippen molar-refractivity contribution < 1.29 is 4.42 Å². The molecular weight excluding hydrogens is 353 g/mol. The van der Waals surface area contributed by atoms with Gasteiger partial charge in [0.15, 0.2) is 0 Å². The molecule has 4 aromatic rings. The molecule has 0 spiro atoms. The molecule has 2 heterocycles. The molecule has 4 nitrogen and oxygen atoms in total. The van der Waals surface area contributed by atoms with Crippen LogP contribution in [-0.2, 0) is 0 Å². The van der Waals surface area contributed by atoms with Crippen LogP contribution < -0.4 is 0 Å². The molecule has 2 aromatic heterocycles. The number of rotatable bonds is 3. The average molecular weight is 362 g/mol. The summed E-state index contributed by atoms with van der Waals surface area (Å²) in [5, 5.41) is 10.7. The molecule has 2 aromatic carbocycles. The average Bonchev–Trinajstić information content (AvgIpc) is 3.17. The van der Waals surface area contributed by atoms with Gasteiger partial charge < -0.3 is 9.40 Å². The van der Waals surface area contributed by atoms with E-state index in [4.69, 9.17) is 27.6 Å². The zero-order valence-corrected chi connectivity index (χ0v) is 13.9. The topological polar surface area (TPSA) is 54.7 Å². The van der Waals surface area contributed by atoms with Crippen LogP contribution in [0, 0.1) is 0 Å². The van der Waals surface area contributed by atoms with Gasteiger partial charge in [-0.25, -0.2) is 0 Å². The van der Waals surface area contributed by atoms with E-state index in [0.717, 1.165) is 21.5 Å². The Hall–Kier alpha value is -1.95. The number of hydrogen-bond donors (Lipinski definition) is 1. The fourth-order valence-electron chi connectivity index (χ4n) is 2.19. The van der Waals surface area contributed by atoms with Crippen molar-refractivity contribution in [2.45, 2.75) is 10.1 Å². The Kier molecular flexibility index (Phi) is 3.77. The van der Waals surface area contributed by atoms with E-state index in [2.05, 4.69) is 15.2 Å². The molecule has 1 N–H and O–H groups in total. The Labute approximate surface area is 145 Å². The summed E-state index contributed by atoms with van der Waals surface area (Å²) in [6.45, 7) is 0. The molecule has 0 fully saturated rings. The van der Waals surface area contributed by atoms with Gasteiger partial charge in [0, 0.05) is 15.8 Å². The normalized spacial score (nSPS) is 11.2. The highest BCUT2D eigenvalue weighted by Crippen LogP contribution is 2.33. The van der Waals surface area contributed by atoms with Gasteiger partial charge in [-0.05, 0) is 42.1 Å². The Bertz CT molecular complexity index is 963. The first kappa shape index (κ1) is 14.6. The lowest BCUT2D eigenvalue weighted by molar-refractivity contribution is 0.465. The highest BCUT2D eigenvalue weighted by atomic mass is 35.5. The molecular formula is C16H9Cl2N3OS. The van der Waals surface area contributed by atoms with Crippen LogP contribution in [0.5, 0.6) is 0 Å². The van der Waals surface area contributed by atoms with Gasteiger partial charge in [-0.1, -0.05) is 41.4 Å². The number of nitrogens with zero attached hydrogens (tertiary/aromatic N) is 2. The van der Waals surface area contributed by atoms with Crippen molar-refractivity contribution in [1.82, 2.24) is 15.2 Å². The van der Waals surface area contributed by atoms with Crippen LogP contribution in [0.3, 0.4) is 0 Å². The lowest BCUT2D eigenvalue weighted by Gasteiger charge is -1.99. The van der Waals surface area contributed by atoms with E-state index in [-0.39, 0.29) is 0 Å². The van der Waals surface area contributed by atoms with Crippen molar-refractivity contribution in [3.8, 4) is 11.6 Å². The molecule has 0 saturated carbocycles. The Morgan fingerprint density at radius 3 is 2.65 bits per heavy atom. The number of aromatic amines is 1. The SMILES string of the molecule is Clc1ccc(Sc2nnc(-c3cc4ccccc4[nH]3)o2)cc1Cl. The van der Waals surface area contributed by atoms with Gasteiger partial charge >= 0.3 is 0 Å². The van der Waals surface area contributed by atoms with Gasteiger partial charge in [0.25, 0.3) is 11.1 Å². The number of hydrogen-bond acceptors (Lipinski definition) is 4. The van der Waals surface area contributed by atoms with E-state index >= 15 is 0 Å². The summed E-state index contributed by atoms with van der Waals surface area (Å²) < 4.78 is 5.71. The van der Waals surface area contributed by atoms with Gasteiger partial charge in [0.05, 0.1) is 10.0 Å². The number of fused-ring (bicyclic) bond motifs is 1. The van der Waals surface area contributed by atoms with Gasteiger partial charge in [-0.2, -0.15) is 0 Å². The fraction of sp³-hybridized carbons (Fsp3) is 0. The maximum Gasteiger partial charge on any atom is 0.281 e. The summed E-state index contributed by atoms with van der Waals surface area (Å²) in [5.41, 5.74) is 1.82. The minimum Gasteiger partial charge on any atom is -0.409 e. The van der Waals surface area contributed by atoms with Crippen LogP contribution in [0.2, 0.25) is 10.0 Å². The second-order valence-electron chi connectivity index (χ2n) is 4.82. The zero-order chi connectivity index (χ0) is 15.8. The molecule has 114 valence electrons. The zero-order valence-electron chi connectivity index (χ0n) is 11.6. The number of halogens is 2. The van der Waals surface area contributed by atoms with Crippen molar-refractivity contribution in [2.24, 2.45) is 0 Å². The smallest absolute Gasteiger partial charge is 0.281 e. The summed E-state index contributed by atoms with van der Waals surface area (Å²) in [6, 6.07) is 15.3. The molecule has 0 atom stereocenters. The van der Waals surface area contributed by atoms with Crippen LogP contribution in [0.4, 0.5) is 0 Å². The molecule has 0 aliphatic carbocycles. The van der Waals surface area contributed by atoms with E-state index in [1.807, 2.05) is 36.4 Å². The summed E-state index contributed by atoms with van der Waals surface area (Å²) in [5.74, 6) is 0.448. The van der Waals surface area contributed by atoms with E-state index < -0.39 is 0 Å². The highest BCUT2D eigenvalue weighted by molar-refractivity contribution is 7.99. The first-order valence-electron chi connectivity index (χ1n) is 6.73. The van der Waals surface area contributed by atoms with Crippen LogP contribution in [-0.4, -0.2) is 15.2 Å². The van der Waals surface area contributed by atoms with Crippen molar-refractivity contribution in [1.29, 1.82) is 0 Å². The lowest BCUT2D eigenvalue weighted by atomic mass is 10.2. The summed E-state index contributed by atoms with van der Waals surface area (Å²) in [6.07, 6.45) is 0. The Balaban J connectivity index is 1.62. The molecule has 0 saturated heterocycles. The van der Waals surface area contributed by atoms with Crippen LogP contribution in [0.1, 0.15) is 0 Å². The molecule has 0 aliphatic rings. The van der Waals surface area contributed by atoms with Gasteiger partial charge in [-0.15, -0.1) is 10.2 Å². The van der Waals surface area contributed by atoms with E-state index in [0.29, 0.717) is 21.2 Å². The third-order valence-corrected chi connectivity index (χ3v) is 4.83. The third kappa shape index (κ3) is 2.95. The van der Waals surface area contributed by atoms with Crippen LogP contribution >= 0.6 is 35.0 Å². The molecule has 0 aliphatic heterocycles. The number of para-hydroxylation sites is 1. The van der Waals surface area contributed by atoms with Crippen LogP contribution in [0.15, 0.2) is 63.1 Å². The maximum absolute atomic E-state index is 6.01. The lowest BCUT2D eigenvalue weighted by Crippen LogP contribution is -1.76. The molecule has 7 heteroatoms. The van der Waals surface area contributed by atoms with Crippen molar-refractivity contribution in [3.63, 3.8) is 0 Å². The summed E-state index contributed by atoms with van der Waals surface area (Å²) >= 11 is 13.3. The van der Waals surface area contributed by atoms with Crippen molar-refractivity contribution in [3.05, 3.63) is 58.6 Å². The number of aromatic nitrogens is 3. The van der Waals surface area contributed by atoms with Gasteiger partial charge in [-0.3, -0.25) is 0 Å². The van der Waals surface area contributed by atoms with Crippen molar-refractivity contribution >= 4 is 45.9 Å². The number of H-pyrrole nitrogens is 1. The third-order valence-electron chi connectivity index (χ3n) is 3.26. The minimum absolute atomic E-state index is 0.442. The summed E-state index contributed by atoms with van der Waals surface area (Å²) in [7, 11) is 0. The monoisotopic (exact) mass is 361 g/mol. The second kappa shape index (κ2) is 5.92. The predicted octanol–water partition coefficient (Wildman–Crippen LogP) is 5.68. The number of nitrogens with one attached hydrogen (secondary N) is 1. The van der Waals surface area contributed by atoms with E-state index in [1.54, 1.807) is 12.1 Å². The number of benzene rings is 2. The quantitative estimate of drug-likeness (QED) is 0.510. The molecule has 0 unspecified atom stereocenters. The first-order valence-corrected chi connectivity index (χ1v) is 8.31. The largest absolute Gasteiger partial charge is 0.409 e. The maximum atomic E-state index is 6.01. The van der Waals surface area contributed by atoms with Crippen LogP contribution in [0.25, 0.3) is 22.5 Å². The molecule has 0 amide bonds. The Morgan fingerprint density at radius 2 is 1.83 bits per heavy atom. The molecule has 23 heavy (non-hydrogen) atoms. The predicted molar refractivity (Wildman–Crippen MR) is 92.2 cm³/mol. The molecule has 0 bridgehead atoms. The van der Waals surface area contributed by atoms with Crippen molar-refractivity contribution in [2.75, 3.05) is 0 Å². The Morgan fingerprint density at radius 1 is 0.957 bits per heavy atom.